The maximum Gasteiger partial charge on any atom is 0.407 e. The van der Waals surface area contributed by atoms with Gasteiger partial charge in [0.15, 0.2) is 5.82 Å². The average molecular weight is 783 g/mol. The van der Waals surface area contributed by atoms with E-state index in [1.165, 1.54) is 12.0 Å². The highest BCUT2D eigenvalue weighted by Gasteiger charge is 2.38. The zero-order chi connectivity index (χ0) is 40.8. The van der Waals surface area contributed by atoms with Gasteiger partial charge in [-0.25, -0.2) is 29.5 Å². The third-order valence-electron chi connectivity index (χ3n) is 10.2. The van der Waals surface area contributed by atoms with E-state index in [0.717, 1.165) is 23.2 Å². The number of hydrogen-bond acceptors (Lipinski definition) is 10. The molecule has 4 amide bonds. The van der Waals surface area contributed by atoms with E-state index in [1.807, 2.05) is 43.3 Å². The molecule has 296 valence electrons. The molecular formula is C42H42N10O6. The summed E-state index contributed by atoms with van der Waals surface area (Å²) < 4.78 is 10.0. The van der Waals surface area contributed by atoms with Crippen LogP contribution < -0.4 is 11.1 Å². The Balaban J connectivity index is 1.00. The van der Waals surface area contributed by atoms with E-state index >= 15 is 0 Å². The number of rotatable bonds is 12. The maximum atomic E-state index is 13.7. The van der Waals surface area contributed by atoms with Gasteiger partial charge in [0.2, 0.25) is 12.0 Å². The zero-order valence-corrected chi connectivity index (χ0v) is 32.0. The van der Waals surface area contributed by atoms with Crippen LogP contribution in [-0.4, -0.2) is 84.4 Å². The summed E-state index contributed by atoms with van der Waals surface area (Å²) in [5.74, 6) is 1.00. The van der Waals surface area contributed by atoms with Gasteiger partial charge in [-0.2, -0.15) is 0 Å². The van der Waals surface area contributed by atoms with Crippen LogP contribution in [0.5, 0.6) is 0 Å². The van der Waals surface area contributed by atoms with Crippen molar-refractivity contribution in [2.45, 2.75) is 44.0 Å². The molecule has 6 aromatic rings. The third kappa shape index (κ3) is 8.40. The van der Waals surface area contributed by atoms with E-state index in [2.05, 4.69) is 35.2 Å². The van der Waals surface area contributed by atoms with Crippen LogP contribution in [0, 0.1) is 0 Å². The number of nitrogens with zero attached hydrogens (tertiary/aromatic N) is 6. The van der Waals surface area contributed by atoms with Crippen molar-refractivity contribution in [2.24, 2.45) is 5.73 Å². The molecule has 0 saturated carbocycles. The van der Waals surface area contributed by atoms with Crippen molar-refractivity contribution < 1.29 is 28.7 Å². The predicted molar refractivity (Wildman–Crippen MR) is 212 cm³/mol. The lowest BCUT2D eigenvalue weighted by Gasteiger charge is -2.28. The number of alkyl carbamates (subject to hydrolysis) is 1. The number of likely N-dealkylation sites (tertiary alicyclic amines) is 1. The summed E-state index contributed by atoms with van der Waals surface area (Å²) in [6, 6.07) is 23.7. The number of benzene rings is 3. The van der Waals surface area contributed by atoms with Gasteiger partial charge in [-0.15, -0.1) is 0 Å². The normalized spacial score (nSPS) is 15.2. The van der Waals surface area contributed by atoms with Crippen molar-refractivity contribution in [1.29, 1.82) is 0 Å². The molecule has 3 aromatic heterocycles. The van der Waals surface area contributed by atoms with Gasteiger partial charge in [-0.05, 0) is 30.9 Å². The molecule has 0 radical (unpaired) electrons. The number of carbonyl (C=O) groups is 4. The van der Waals surface area contributed by atoms with Crippen LogP contribution in [0.3, 0.4) is 0 Å². The summed E-state index contributed by atoms with van der Waals surface area (Å²) in [5, 5.41) is 2.64. The minimum Gasteiger partial charge on any atom is -0.453 e. The first kappa shape index (κ1) is 38.9. The van der Waals surface area contributed by atoms with Crippen LogP contribution in [0.25, 0.3) is 33.9 Å². The summed E-state index contributed by atoms with van der Waals surface area (Å²) in [5.41, 5.74) is 10.3. The van der Waals surface area contributed by atoms with Gasteiger partial charge in [0.05, 0.1) is 43.0 Å². The smallest absolute Gasteiger partial charge is 0.407 e. The summed E-state index contributed by atoms with van der Waals surface area (Å²) in [4.78, 5) is 79.3. The van der Waals surface area contributed by atoms with Gasteiger partial charge >= 0.3 is 12.2 Å². The lowest BCUT2D eigenvalue weighted by molar-refractivity contribution is -0.141. The average Bonchev–Trinajstić information content (AvgIpc) is 4.07. The van der Waals surface area contributed by atoms with E-state index in [4.69, 9.17) is 15.2 Å². The topological polar surface area (TPSA) is 214 Å². The summed E-state index contributed by atoms with van der Waals surface area (Å²) in [6.45, 7) is 2.33. The Bertz CT molecular complexity index is 2370. The van der Waals surface area contributed by atoms with Gasteiger partial charge < -0.3 is 40.3 Å². The van der Waals surface area contributed by atoms with Crippen molar-refractivity contribution >= 4 is 24.0 Å². The molecule has 7 rings (SSSR count). The van der Waals surface area contributed by atoms with E-state index < -0.39 is 30.4 Å². The number of carbonyl (C=O) groups excluding carboxylic acids is 4. The molecule has 58 heavy (non-hydrogen) atoms. The molecule has 5 N–H and O–H groups in total. The minimum absolute atomic E-state index is 0.330. The highest BCUT2D eigenvalue weighted by Crippen LogP contribution is 2.35. The van der Waals surface area contributed by atoms with Gasteiger partial charge in [-0.1, -0.05) is 84.9 Å². The second kappa shape index (κ2) is 17.2. The van der Waals surface area contributed by atoms with Crippen molar-refractivity contribution in [3.63, 3.8) is 0 Å². The van der Waals surface area contributed by atoms with E-state index in [0.29, 0.717) is 52.8 Å². The first-order chi connectivity index (χ1) is 28.1. The minimum atomic E-state index is -1.16. The second-order valence-electron chi connectivity index (χ2n) is 13.8. The molecule has 16 heteroatoms. The number of H-pyrrole nitrogens is 2. The number of primary amides is 1. The summed E-state index contributed by atoms with van der Waals surface area (Å²) in [6.07, 6.45) is 5.36. The lowest BCUT2D eigenvalue weighted by Crippen LogP contribution is -2.42. The zero-order valence-electron chi connectivity index (χ0n) is 32.0. The largest absolute Gasteiger partial charge is 0.453 e. The Hall–Kier alpha value is -7.36. The van der Waals surface area contributed by atoms with E-state index in [1.54, 1.807) is 85.3 Å². The summed E-state index contributed by atoms with van der Waals surface area (Å²) >= 11 is 0. The van der Waals surface area contributed by atoms with Crippen LogP contribution in [0.4, 0.5) is 9.59 Å². The van der Waals surface area contributed by atoms with Crippen LogP contribution in [-0.2, 0) is 19.1 Å². The molecule has 4 atom stereocenters. The molecule has 1 fully saturated rings. The fourth-order valence-electron chi connectivity index (χ4n) is 6.92. The number of hydrogen-bond donors (Lipinski definition) is 4. The maximum absolute atomic E-state index is 13.7. The molecule has 0 bridgehead atoms. The number of imidazole rings is 2. The number of nitrogens with one attached hydrogen (secondary N) is 3. The highest BCUT2D eigenvalue weighted by molar-refractivity contribution is 5.87. The Labute approximate surface area is 333 Å². The standard InChI is InChI=1S/C42H42N10O6/c1-25(51(2)39(53)34(50-42(56)57-3)27-11-6-4-7-12-27)36-46-23-31(48-36)26-16-18-29(19-17-26)37-44-21-30(22-45-37)32-24-47-38(49-32)33-15-10-20-52(33)40(54)35(58-41(43)55)28-13-8-5-9-14-28/h4-9,11-14,16-19,21-25,33-35H,10,15,20H2,1-3H3,(H2,43,55)(H,46,48)(H,47,49)(H,50,56)/t25-,33-,34+,35+/m0/s1. The van der Waals surface area contributed by atoms with Crippen molar-refractivity contribution in [2.75, 3.05) is 20.7 Å². The van der Waals surface area contributed by atoms with Crippen LogP contribution >= 0.6 is 0 Å². The fraction of sp³-hybridized carbons (Fsp3) is 0.238. The molecule has 1 saturated heterocycles. The molecule has 4 heterocycles. The number of likely N-dealkylation sites (N-methyl/N-ethyl adjacent to an activating group) is 1. The van der Waals surface area contributed by atoms with Crippen LogP contribution in [0.15, 0.2) is 110 Å². The predicted octanol–water partition coefficient (Wildman–Crippen LogP) is 6.04. The molecular weight excluding hydrogens is 741 g/mol. The van der Waals surface area contributed by atoms with Gasteiger partial charge in [0, 0.05) is 42.7 Å². The van der Waals surface area contributed by atoms with Crippen LogP contribution in [0.2, 0.25) is 0 Å². The van der Waals surface area contributed by atoms with Crippen molar-refractivity contribution in [3.8, 4) is 33.9 Å². The molecule has 3 aromatic carbocycles. The Morgan fingerprint density at radius 1 is 0.810 bits per heavy atom. The number of aromatic amines is 2. The monoisotopic (exact) mass is 782 g/mol. The third-order valence-corrected chi connectivity index (χ3v) is 10.2. The number of amides is 4. The Kier molecular flexibility index (Phi) is 11.5. The first-order valence-electron chi connectivity index (χ1n) is 18.6. The van der Waals surface area contributed by atoms with Gasteiger partial charge in [0.1, 0.15) is 17.7 Å². The highest BCUT2D eigenvalue weighted by atomic mass is 16.6. The van der Waals surface area contributed by atoms with Crippen LogP contribution in [0.1, 0.15) is 66.8 Å². The van der Waals surface area contributed by atoms with Crippen molar-refractivity contribution in [3.05, 3.63) is 132 Å². The molecule has 0 aliphatic carbocycles. The fourth-order valence-corrected chi connectivity index (χ4v) is 6.92. The van der Waals surface area contributed by atoms with Crippen molar-refractivity contribution in [1.82, 2.24) is 45.0 Å². The molecule has 1 aliphatic rings. The first-order valence-corrected chi connectivity index (χ1v) is 18.6. The summed E-state index contributed by atoms with van der Waals surface area (Å²) in [7, 11) is 2.91. The number of aromatic nitrogens is 6. The second-order valence-corrected chi connectivity index (χ2v) is 13.8. The van der Waals surface area contributed by atoms with E-state index in [-0.39, 0.29) is 17.9 Å². The molecule has 0 unspecified atom stereocenters. The molecule has 16 nitrogen and oxygen atoms in total. The SMILES string of the molecule is COC(=O)N[C@@H](C(=O)N(C)[C@@H](C)c1ncc(-c2ccc(-c3ncc(-c4cnc([C@@H]5CCCN5C(=O)[C@H](OC(N)=O)c5ccccc5)[nH]4)cn3)cc2)[nH]1)c1ccccc1. The number of nitrogens with two attached hydrogens (primary N) is 1. The number of methoxy groups -OCH3 is 1. The molecule has 1 aliphatic heterocycles. The Morgan fingerprint density at radius 3 is 2.09 bits per heavy atom. The van der Waals surface area contributed by atoms with Gasteiger partial charge in [0.25, 0.3) is 5.91 Å². The molecule has 0 spiro atoms. The quantitative estimate of drug-likeness (QED) is 0.113. The number of ether oxygens (including phenoxy) is 2. The Morgan fingerprint density at radius 2 is 1.43 bits per heavy atom. The van der Waals surface area contributed by atoms with E-state index in [9.17, 15) is 19.2 Å². The lowest BCUT2D eigenvalue weighted by atomic mass is 10.1. The van der Waals surface area contributed by atoms with Gasteiger partial charge in [-0.3, -0.25) is 9.59 Å².